The van der Waals surface area contributed by atoms with Gasteiger partial charge in [-0.25, -0.2) is 4.39 Å². The van der Waals surface area contributed by atoms with Crippen LogP contribution in [0.4, 0.5) is 4.39 Å². The number of nitrogens with zero attached hydrogens (tertiary/aromatic N) is 3. The van der Waals surface area contributed by atoms with Gasteiger partial charge in [0, 0.05) is 19.2 Å². The van der Waals surface area contributed by atoms with E-state index in [-0.39, 0.29) is 23.5 Å². The maximum Gasteiger partial charge on any atom is 0.260 e. The molecule has 1 aromatic heterocycles. The number of carbonyl (C=O) groups excluding carboxylic acids is 1. The summed E-state index contributed by atoms with van der Waals surface area (Å²) >= 11 is 5.69. The van der Waals surface area contributed by atoms with Crippen LogP contribution in [0.5, 0.6) is 5.75 Å². The Hall–Kier alpha value is -2.15. The first-order valence-electron chi connectivity index (χ1n) is 7.69. The van der Waals surface area contributed by atoms with Gasteiger partial charge in [0.1, 0.15) is 11.6 Å². The van der Waals surface area contributed by atoms with E-state index in [1.807, 2.05) is 0 Å². The van der Waals surface area contributed by atoms with Crippen LogP contribution < -0.4 is 4.74 Å². The molecular weight excluding hydrogens is 337 g/mol. The van der Waals surface area contributed by atoms with Gasteiger partial charge in [-0.05, 0) is 31.9 Å². The second-order valence-electron chi connectivity index (χ2n) is 5.72. The van der Waals surface area contributed by atoms with Crippen LogP contribution in [-0.2, 0) is 4.79 Å². The van der Waals surface area contributed by atoms with Crippen molar-refractivity contribution in [3.05, 3.63) is 40.8 Å². The van der Waals surface area contributed by atoms with Crippen molar-refractivity contribution in [2.45, 2.75) is 25.7 Å². The molecule has 1 saturated heterocycles. The molecule has 1 amide bonds. The normalized spacial score (nSPS) is 17.8. The molecule has 0 bridgehead atoms. The summed E-state index contributed by atoms with van der Waals surface area (Å²) in [5, 5.41) is 3.76. The highest BCUT2D eigenvalue weighted by Gasteiger charge is 2.28. The average molecular weight is 354 g/mol. The molecule has 1 fully saturated rings. The third kappa shape index (κ3) is 3.84. The first-order chi connectivity index (χ1) is 11.5. The maximum absolute atomic E-state index is 13.1. The smallest absolute Gasteiger partial charge is 0.260 e. The Labute approximate surface area is 143 Å². The van der Waals surface area contributed by atoms with E-state index >= 15 is 0 Å². The molecule has 0 unspecified atom stereocenters. The number of carbonyl (C=O) groups is 1. The molecule has 6 nitrogen and oxygen atoms in total. The van der Waals surface area contributed by atoms with Crippen molar-refractivity contribution in [2.75, 3.05) is 19.7 Å². The van der Waals surface area contributed by atoms with E-state index in [2.05, 4.69) is 10.1 Å². The van der Waals surface area contributed by atoms with Gasteiger partial charge in [-0.1, -0.05) is 16.8 Å². The maximum atomic E-state index is 13.1. The average Bonchev–Trinajstić information content (AvgIpc) is 3.02. The molecule has 0 spiro atoms. The highest BCUT2D eigenvalue weighted by Crippen LogP contribution is 2.26. The van der Waals surface area contributed by atoms with Crippen molar-refractivity contribution in [1.82, 2.24) is 15.0 Å². The van der Waals surface area contributed by atoms with Crippen LogP contribution in [0.1, 0.15) is 30.5 Å². The number of benzene rings is 1. The number of hydrogen-bond donors (Lipinski definition) is 0. The predicted molar refractivity (Wildman–Crippen MR) is 84.5 cm³/mol. The lowest BCUT2D eigenvalue weighted by Gasteiger charge is -2.30. The Morgan fingerprint density at radius 3 is 3.08 bits per heavy atom. The molecule has 0 saturated carbocycles. The van der Waals surface area contributed by atoms with Crippen molar-refractivity contribution in [3.63, 3.8) is 0 Å². The number of amides is 1. The van der Waals surface area contributed by atoms with Gasteiger partial charge in [0.2, 0.25) is 5.89 Å². The molecule has 8 heteroatoms. The second-order valence-corrected chi connectivity index (χ2v) is 6.13. The van der Waals surface area contributed by atoms with Crippen molar-refractivity contribution in [2.24, 2.45) is 0 Å². The fourth-order valence-electron chi connectivity index (χ4n) is 2.69. The first kappa shape index (κ1) is 16.7. The zero-order valence-corrected chi connectivity index (χ0v) is 13.9. The first-order valence-corrected chi connectivity index (χ1v) is 8.06. The molecular formula is C16H17ClFN3O3. The summed E-state index contributed by atoms with van der Waals surface area (Å²) in [7, 11) is 0. The number of aromatic nitrogens is 2. The van der Waals surface area contributed by atoms with Crippen molar-refractivity contribution < 1.29 is 18.4 Å². The molecule has 1 atom stereocenters. The van der Waals surface area contributed by atoms with E-state index < -0.39 is 5.82 Å². The van der Waals surface area contributed by atoms with Crippen LogP contribution in [0.2, 0.25) is 5.02 Å². The summed E-state index contributed by atoms with van der Waals surface area (Å²) in [6.07, 6.45) is 1.76. The van der Waals surface area contributed by atoms with E-state index in [4.69, 9.17) is 20.9 Å². The molecule has 1 aliphatic rings. The molecule has 3 rings (SSSR count). The van der Waals surface area contributed by atoms with E-state index in [0.717, 1.165) is 12.8 Å². The Kier molecular flexibility index (Phi) is 4.99. The number of rotatable bonds is 4. The van der Waals surface area contributed by atoms with Gasteiger partial charge in [-0.15, -0.1) is 0 Å². The summed E-state index contributed by atoms with van der Waals surface area (Å²) in [5.41, 5.74) is 0. The van der Waals surface area contributed by atoms with Crippen LogP contribution in [0, 0.1) is 12.7 Å². The molecule has 2 heterocycles. The minimum atomic E-state index is -0.524. The van der Waals surface area contributed by atoms with Crippen LogP contribution in [-0.4, -0.2) is 40.6 Å². The molecule has 1 aliphatic heterocycles. The quantitative estimate of drug-likeness (QED) is 0.845. The van der Waals surface area contributed by atoms with Gasteiger partial charge in [-0.2, -0.15) is 4.98 Å². The summed E-state index contributed by atoms with van der Waals surface area (Å²) in [6, 6.07) is 4.00. The fraction of sp³-hybridized carbons (Fsp3) is 0.438. The number of ether oxygens (including phenoxy) is 1. The number of aryl methyl sites for hydroxylation is 1. The van der Waals surface area contributed by atoms with E-state index in [9.17, 15) is 9.18 Å². The number of likely N-dealkylation sites (tertiary alicyclic amines) is 1. The minimum Gasteiger partial charge on any atom is -0.484 e. The lowest BCUT2D eigenvalue weighted by molar-refractivity contribution is -0.134. The van der Waals surface area contributed by atoms with Crippen molar-refractivity contribution in [3.8, 4) is 5.75 Å². The monoisotopic (exact) mass is 353 g/mol. The van der Waals surface area contributed by atoms with Gasteiger partial charge in [0.25, 0.3) is 5.91 Å². The van der Waals surface area contributed by atoms with E-state index in [1.54, 1.807) is 11.8 Å². The Balaban J connectivity index is 1.57. The van der Waals surface area contributed by atoms with Crippen molar-refractivity contribution >= 4 is 17.5 Å². The predicted octanol–water partition coefficient (Wildman–Crippen LogP) is 2.96. The van der Waals surface area contributed by atoms with Gasteiger partial charge in [0.05, 0.1) is 10.9 Å². The second kappa shape index (κ2) is 7.17. The number of hydrogen-bond acceptors (Lipinski definition) is 5. The topological polar surface area (TPSA) is 68.5 Å². The summed E-state index contributed by atoms with van der Waals surface area (Å²) < 4.78 is 23.7. The lowest BCUT2D eigenvalue weighted by Crippen LogP contribution is -2.41. The lowest BCUT2D eigenvalue weighted by atomic mass is 9.98. The van der Waals surface area contributed by atoms with Crippen LogP contribution in [0.3, 0.4) is 0 Å². The third-order valence-corrected chi connectivity index (χ3v) is 4.21. The Morgan fingerprint density at radius 2 is 2.38 bits per heavy atom. The molecule has 0 radical (unpaired) electrons. The van der Waals surface area contributed by atoms with Gasteiger partial charge in [-0.3, -0.25) is 4.79 Å². The standard InChI is InChI=1S/C16H17ClFN3O3/c1-10-19-16(24-20-10)11-3-2-6-21(8-11)15(22)9-23-12-4-5-14(18)13(17)7-12/h4-5,7,11H,2-3,6,8-9H2,1H3/t11-/m1/s1. The van der Waals surface area contributed by atoms with Crippen molar-refractivity contribution in [1.29, 1.82) is 0 Å². The molecule has 0 aliphatic carbocycles. The largest absolute Gasteiger partial charge is 0.484 e. The van der Waals surface area contributed by atoms with Gasteiger partial charge < -0.3 is 14.2 Å². The van der Waals surface area contributed by atoms with E-state index in [1.165, 1.54) is 18.2 Å². The minimum absolute atomic E-state index is 0.0373. The van der Waals surface area contributed by atoms with E-state index in [0.29, 0.717) is 30.6 Å². The zero-order chi connectivity index (χ0) is 17.1. The molecule has 1 aromatic carbocycles. The Morgan fingerprint density at radius 1 is 1.54 bits per heavy atom. The number of halogens is 2. The summed E-state index contributed by atoms with van der Waals surface area (Å²) in [6.45, 7) is 2.82. The van der Waals surface area contributed by atoms with Crippen LogP contribution in [0.25, 0.3) is 0 Å². The molecule has 0 N–H and O–H groups in total. The summed E-state index contributed by atoms with van der Waals surface area (Å²) in [5.74, 6) is 0.890. The third-order valence-electron chi connectivity index (χ3n) is 3.92. The molecule has 2 aromatic rings. The molecule has 128 valence electrons. The summed E-state index contributed by atoms with van der Waals surface area (Å²) in [4.78, 5) is 18.3. The van der Waals surface area contributed by atoms with Crippen LogP contribution >= 0.6 is 11.6 Å². The SMILES string of the molecule is Cc1noc([C@@H]2CCCN(C(=O)COc3ccc(F)c(Cl)c3)C2)n1. The highest BCUT2D eigenvalue weighted by molar-refractivity contribution is 6.30. The van der Waals surface area contributed by atoms with Gasteiger partial charge >= 0.3 is 0 Å². The fourth-order valence-corrected chi connectivity index (χ4v) is 2.86. The van der Waals surface area contributed by atoms with Crippen LogP contribution in [0.15, 0.2) is 22.7 Å². The Bertz CT molecular complexity index is 737. The number of piperidine rings is 1. The molecule has 24 heavy (non-hydrogen) atoms. The zero-order valence-electron chi connectivity index (χ0n) is 13.2. The highest BCUT2D eigenvalue weighted by atomic mass is 35.5. The van der Waals surface area contributed by atoms with Gasteiger partial charge in [0.15, 0.2) is 12.4 Å².